The van der Waals surface area contributed by atoms with Crippen LogP contribution in [0.4, 0.5) is 0 Å². The van der Waals surface area contributed by atoms with Crippen LogP contribution >= 0.6 is 23.7 Å². The van der Waals surface area contributed by atoms with Crippen LogP contribution in [-0.4, -0.2) is 39.9 Å². The van der Waals surface area contributed by atoms with Crippen LogP contribution in [0.2, 0.25) is 0 Å². The van der Waals surface area contributed by atoms with Crippen LogP contribution in [0.5, 0.6) is 0 Å². The molecule has 0 bridgehead atoms. The Balaban J connectivity index is 0.00000225. The molecule has 0 spiro atoms. The number of aryl methyl sites for hydroxylation is 1. The first-order valence-corrected chi connectivity index (χ1v) is 6.91. The van der Waals surface area contributed by atoms with Crippen LogP contribution in [0, 0.1) is 6.92 Å². The Hall–Kier alpha value is -0.140. The first kappa shape index (κ1) is 15.9. The van der Waals surface area contributed by atoms with Gasteiger partial charge in [0.15, 0.2) is 0 Å². The summed E-state index contributed by atoms with van der Waals surface area (Å²) in [5, 5.41) is 2.92. The van der Waals surface area contributed by atoms with Crippen LogP contribution in [-0.2, 0) is 10.0 Å². The minimum absolute atomic E-state index is 0. The molecule has 0 amide bonds. The van der Waals surface area contributed by atoms with Crippen molar-refractivity contribution < 1.29 is 8.42 Å². The molecule has 16 heavy (non-hydrogen) atoms. The molecule has 4 nitrogen and oxygen atoms in total. The van der Waals surface area contributed by atoms with E-state index in [9.17, 15) is 8.42 Å². The Kier molecular flexibility index (Phi) is 6.50. The summed E-state index contributed by atoms with van der Waals surface area (Å²) in [7, 11) is 0.122. The zero-order valence-electron chi connectivity index (χ0n) is 9.56. The summed E-state index contributed by atoms with van der Waals surface area (Å²) in [6, 6.07) is 3.48. The van der Waals surface area contributed by atoms with Crippen molar-refractivity contribution in [3.63, 3.8) is 0 Å². The Labute approximate surface area is 107 Å². The highest BCUT2D eigenvalue weighted by Crippen LogP contribution is 2.23. The molecule has 94 valence electrons. The molecule has 0 fully saturated rings. The van der Waals surface area contributed by atoms with E-state index in [1.54, 1.807) is 20.2 Å². The molecular weight excluding hydrogens is 268 g/mol. The molecule has 1 N–H and O–H groups in total. The average Bonchev–Trinajstić information content (AvgIpc) is 2.61. The van der Waals surface area contributed by atoms with Crippen molar-refractivity contribution in [1.82, 2.24) is 9.62 Å². The molecule has 1 rings (SSSR count). The van der Waals surface area contributed by atoms with E-state index in [4.69, 9.17) is 0 Å². The van der Waals surface area contributed by atoms with Crippen molar-refractivity contribution in [1.29, 1.82) is 0 Å². The second-order valence-electron chi connectivity index (χ2n) is 3.30. The zero-order valence-corrected chi connectivity index (χ0v) is 12.0. The number of halogens is 1. The molecule has 0 saturated heterocycles. The molecule has 1 heterocycles. The van der Waals surface area contributed by atoms with Gasteiger partial charge in [-0.25, -0.2) is 8.42 Å². The SMILES string of the molecule is CNCCN(C)S(=O)(=O)c1ccc(C)s1.Cl. The quantitative estimate of drug-likeness (QED) is 0.887. The number of thiophene rings is 1. The summed E-state index contributed by atoms with van der Waals surface area (Å²) in [6.45, 7) is 3.03. The van der Waals surface area contributed by atoms with Crippen molar-refractivity contribution in [2.24, 2.45) is 0 Å². The lowest BCUT2D eigenvalue weighted by molar-refractivity contribution is 0.467. The normalized spacial score (nSPS) is 11.5. The minimum Gasteiger partial charge on any atom is -0.318 e. The Bertz CT molecular complexity index is 417. The van der Waals surface area contributed by atoms with E-state index < -0.39 is 10.0 Å². The van der Waals surface area contributed by atoms with Gasteiger partial charge < -0.3 is 5.32 Å². The minimum atomic E-state index is -3.28. The molecule has 0 aromatic carbocycles. The summed E-state index contributed by atoms with van der Waals surface area (Å²) in [5.74, 6) is 0. The molecule has 0 atom stereocenters. The van der Waals surface area contributed by atoms with E-state index in [1.807, 2.05) is 13.0 Å². The van der Waals surface area contributed by atoms with Crippen LogP contribution in [0.1, 0.15) is 4.88 Å². The predicted molar refractivity (Wildman–Crippen MR) is 70.0 cm³/mol. The third-order valence-corrected chi connectivity index (χ3v) is 5.38. The number of likely N-dealkylation sites (N-methyl/N-ethyl adjacent to an activating group) is 2. The lowest BCUT2D eigenvalue weighted by atomic mass is 10.5. The summed E-state index contributed by atoms with van der Waals surface area (Å²) in [5.41, 5.74) is 0. The van der Waals surface area contributed by atoms with Crippen molar-refractivity contribution >= 4 is 33.8 Å². The molecule has 7 heteroatoms. The van der Waals surface area contributed by atoms with Gasteiger partial charge in [-0.1, -0.05) is 0 Å². The fourth-order valence-electron chi connectivity index (χ4n) is 1.09. The molecule has 0 saturated carbocycles. The highest BCUT2D eigenvalue weighted by atomic mass is 35.5. The van der Waals surface area contributed by atoms with Crippen molar-refractivity contribution in [3.05, 3.63) is 17.0 Å². The maximum Gasteiger partial charge on any atom is 0.252 e. The third-order valence-electron chi connectivity index (χ3n) is 2.06. The van der Waals surface area contributed by atoms with Gasteiger partial charge in [-0.15, -0.1) is 23.7 Å². The fraction of sp³-hybridized carbons (Fsp3) is 0.556. The monoisotopic (exact) mass is 284 g/mol. The van der Waals surface area contributed by atoms with Gasteiger partial charge in [0, 0.05) is 25.0 Å². The molecule has 0 aliphatic rings. The summed E-state index contributed by atoms with van der Waals surface area (Å²) >= 11 is 1.31. The van der Waals surface area contributed by atoms with Gasteiger partial charge in [0.2, 0.25) is 0 Å². The van der Waals surface area contributed by atoms with Crippen LogP contribution in [0.15, 0.2) is 16.3 Å². The second-order valence-corrected chi connectivity index (χ2v) is 6.85. The van der Waals surface area contributed by atoms with E-state index in [-0.39, 0.29) is 12.4 Å². The Morgan fingerprint density at radius 2 is 2.06 bits per heavy atom. The smallest absolute Gasteiger partial charge is 0.252 e. The summed E-state index contributed by atoms with van der Waals surface area (Å²) < 4.78 is 25.7. The maximum absolute atomic E-state index is 12.0. The maximum atomic E-state index is 12.0. The fourth-order valence-corrected chi connectivity index (χ4v) is 3.76. The number of nitrogens with one attached hydrogen (secondary N) is 1. The van der Waals surface area contributed by atoms with Crippen LogP contribution in [0.25, 0.3) is 0 Å². The van der Waals surface area contributed by atoms with E-state index >= 15 is 0 Å². The number of hydrogen-bond acceptors (Lipinski definition) is 4. The highest BCUT2D eigenvalue weighted by molar-refractivity contribution is 7.91. The topological polar surface area (TPSA) is 49.4 Å². The molecule has 0 unspecified atom stereocenters. The lowest BCUT2D eigenvalue weighted by Crippen LogP contribution is -2.32. The van der Waals surface area contributed by atoms with Crippen LogP contribution in [0.3, 0.4) is 0 Å². The van der Waals surface area contributed by atoms with Gasteiger partial charge >= 0.3 is 0 Å². The van der Waals surface area contributed by atoms with Crippen molar-refractivity contribution in [3.8, 4) is 0 Å². The number of nitrogens with zero attached hydrogens (tertiary/aromatic N) is 1. The molecular formula is C9H17ClN2O2S2. The Morgan fingerprint density at radius 1 is 1.44 bits per heavy atom. The molecule has 0 aliphatic carbocycles. The predicted octanol–water partition coefficient (Wildman–Crippen LogP) is 1.32. The van der Waals surface area contributed by atoms with Crippen LogP contribution < -0.4 is 5.32 Å². The van der Waals surface area contributed by atoms with Gasteiger partial charge in [-0.2, -0.15) is 4.31 Å². The van der Waals surface area contributed by atoms with Crippen molar-refractivity contribution in [2.45, 2.75) is 11.1 Å². The van der Waals surface area contributed by atoms with Crippen molar-refractivity contribution in [2.75, 3.05) is 27.2 Å². The standard InChI is InChI=1S/C9H16N2O2S2.ClH/c1-8-4-5-9(14-8)15(12,13)11(3)7-6-10-2;/h4-5,10H,6-7H2,1-3H3;1H. The average molecular weight is 285 g/mol. The van der Waals surface area contributed by atoms with Gasteiger partial charge in [0.25, 0.3) is 10.0 Å². The van der Waals surface area contributed by atoms with Gasteiger partial charge in [0.1, 0.15) is 4.21 Å². The zero-order chi connectivity index (χ0) is 11.5. The first-order chi connectivity index (χ1) is 6.98. The van der Waals surface area contributed by atoms with Gasteiger partial charge in [-0.3, -0.25) is 0 Å². The van der Waals surface area contributed by atoms with E-state index in [1.165, 1.54) is 15.6 Å². The second kappa shape index (κ2) is 6.56. The van der Waals surface area contributed by atoms with E-state index in [0.29, 0.717) is 17.3 Å². The Morgan fingerprint density at radius 3 is 2.50 bits per heavy atom. The largest absolute Gasteiger partial charge is 0.318 e. The highest BCUT2D eigenvalue weighted by Gasteiger charge is 2.21. The molecule has 1 aromatic heterocycles. The molecule has 0 aliphatic heterocycles. The number of sulfonamides is 1. The van der Waals surface area contributed by atoms with Gasteiger partial charge in [-0.05, 0) is 26.1 Å². The third kappa shape index (κ3) is 3.71. The molecule has 1 aromatic rings. The summed E-state index contributed by atoms with van der Waals surface area (Å²) in [6.07, 6.45) is 0. The molecule has 0 radical (unpaired) electrons. The summed E-state index contributed by atoms with van der Waals surface area (Å²) in [4.78, 5) is 1.01. The first-order valence-electron chi connectivity index (χ1n) is 4.66. The van der Waals surface area contributed by atoms with E-state index in [0.717, 1.165) is 4.88 Å². The number of rotatable bonds is 5. The van der Waals surface area contributed by atoms with E-state index in [2.05, 4.69) is 5.32 Å². The lowest BCUT2D eigenvalue weighted by Gasteiger charge is -2.15. The van der Waals surface area contributed by atoms with Gasteiger partial charge in [0.05, 0.1) is 0 Å². The number of hydrogen-bond donors (Lipinski definition) is 1.